The van der Waals surface area contributed by atoms with Gasteiger partial charge in [-0.3, -0.25) is 0 Å². The van der Waals surface area contributed by atoms with Crippen LogP contribution >= 0.6 is 15.9 Å². The molecule has 78 valence electrons. The van der Waals surface area contributed by atoms with E-state index < -0.39 is 18.0 Å². The molecular formula is C9H11BrFNO2. The highest BCUT2D eigenvalue weighted by molar-refractivity contribution is 9.09. The van der Waals surface area contributed by atoms with Crippen molar-refractivity contribution in [3.63, 3.8) is 0 Å². The predicted octanol–water partition coefficient (Wildman–Crippen LogP) is 1.20. The number of hydrogen-bond acceptors (Lipinski definition) is 3. The first kappa shape index (κ1) is 11.4. The molecule has 2 atom stereocenters. The fourth-order valence-corrected chi connectivity index (χ4v) is 1.46. The average molecular weight is 264 g/mol. The molecule has 1 aromatic rings. The standard InChI is InChI=1S/C9H11BrFNO2/c10-4-8(13)9(14)6-2-1-5(11)3-7(6)12/h1-3,8-9,13-14H,4,12H2. The van der Waals surface area contributed by atoms with Gasteiger partial charge in [0.05, 0.1) is 6.10 Å². The molecule has 0 heterocycles. The molecule has 0 bridgehead atoms. The van der Waals surface area contributed by atoms with Crippen LogP contribution in [-0.2, 0) is 0 Å². The van der Waals surface area contributed by atoms with Crippen molar-refractivity contribution < 1.29 is 14.6 Å². The normalized spacial score (nSPS) is 15.1. The van der Waals surface area contributed by atoms with Gasteiger partial charge >= 0.3 is 0 Å². The molecular weight excluding hydrogens is 253 g/mol. The Morgan fingerprint density at radius 2 is 2.07 bits per heavy atom. The molecule has 4 N–H and O–H groups in total. The maximum atomic E-state index is 12.7. The van der Waals surface area contributed by atoms with Crippen LogP contribution in [0.15, 0.2) is 18.2 Å². The minimum atomic E-state index is -1.10. The van der Waals surface area contributed by atoms with E-state index >= 15 is 0 Å². The lowest BCUT2D eigenvalue weighted by Crippen LogP contribution is -2.20. The van der Waals surface area contributed by atoms with E-state index in [-0.39, 0.29) is 11.0 Å². The lowest BCUT2D eigenvalue weighted by molar-refractivity contribution is 0.0347. The summed E-state index contributed by atoms with van der Waals surface area (Å²) >= 11 is 3.03. The van der Waals surface area contributed by atoms with Crippen LogP contribution in [0.2, 0.25) is 0 Å². The van der Waals surface area contributed by atoms with Gasteiger partial charge in [0.1, 0.15) is 11.9 Å². The van der Waals surface area contributed by atoms with Gasteiger partial charge in [0, 0.05) is 16.6 Å². The van der Waals surface area contributed by atoms with E-state index in [1.54, 1.807) is 0 Å². The Morgan fingerprint density at radius 3 is 2.57 bits per heavy atom. The van der Waals surface area contributed by atoms with Crippen molar-refractivity contribution in [3.05, 3.63) is 29.6 Å². The molecule has 0 aliphatic heterocycles. The summed E-state index contributed by atoms with van der Waals surface area (Å²) in [5.41, 5.74) is 5.96. The fourth-order valence-electron chi connectivity index (χ4n) is 1.11. The van der Waals surface area contributed by atoms with Crippen LogP contribution in [0, 0.1) is 5.82 Å². The molecule has 0 aliphatic rings. The second-order valence-electron chi connectivity index (χ2n) is 2.94. The first-order valence-corrected chi connectivity index (χ1v) is 5.15. The number of rotatable bonds is 3. The van der Waals surface area contributed by atoms with Crippen molar-refractivity contribution in [1.29, 1.82) is 0 Å². The molecule has 1 aromatic carbocycles. The number of nitrogen functional groups attached to an aromatic ring is 1. The van der Waals surface area contributed by atoms with Gasteiger partial charge in [0.25, 0.3) is 0 Å². The summed E-state index contributed by atoms with van der Waals surface area (Å²) in [4.78, 5) is 0. The minimum absolute atomic E-state index is 0.137. The zero-order chi connectivity index (χ0) is 10.7. The average Bonchev–Trinajstić information content (AvgIpc) is 2.15. The number of aliphatic hydroxyl groups excluding tert-OH is 2. The second kappa shape index (κ2) is 4.72. The van der Waals surface area contributed by atoms with Crippen molar-refractivity contribution in [3.8, 4) is 0 Å². The van der Waals surface area contributed by atoms with Crippen LogP contribution in [0.3, 0.4) is 0 Å². The van der Waals surface area contributed by atoms with Gasteiger partial charge in [-0.1, -0.05) is 22.0 Å². The number of aliphatic hydroxyl groups is 2. The summed E-state index contributed by atoms with van der Waals surface area (Å²) in [6.45, 7) is 0. The van der Waals surface area contributed by atoms with E-state index in [9.17, 15) is 14.6 Å². The van der Waals surface area contributed by atoms with E-state index in [0.29, 0.717) is 5.56 Å². The number of alkyl halides is 1. The van der Waals surface area contributed by atoms with Crippen LogP contribution in [0.25, 0.3) is 0 Å². The van der Waals surface area contributed by atoms with E-state index in [1.165, 1.54) is 12.1 Å². The topological polar surface area (TPSA) is 66.5 Å². The third-order valence-corrected chi connectivity index (χ3v) is 2.55. The smallest absolute Gasteiger partial charge is 0.125 e. The van der Waals surface area contributed by atoms with Crippen LogP contribution in [0.5, 0.6) is 0 Å². The van der Waals surface area contributed by atoms with E-state index in [1.807, 2.05) is 0 Å². The summed E-state index contributed by atoms with van der Waals surface area (Å²) in [6.07, 6.45) is -2.06. The van der Waals surface area contributed by atoms with Crippen molar-refractivity contribution in [2.24, 2.45) is 0 Å². The molecule has 3 nitrogen and oxygen atoms in total. The molecule has 2 unspecified atom stereocenters. The van der Waals surface area contributed by atoms with Crippen LogP contribution in [0.4, 0.5) is 10.1 Å². The van der Waals surface area contributed by atoms with Crippen LogP contribution < -0.4 is 5.73 Å². The number of benzene rings is 1. The Kier molecular flexibility index (Phi) is 3.86. The number of halogens is 2. The Hall–Kier alpha value is -0.650. The van der Waals surface area contributed by atoms with Crippen LogP contribution in [-0.4, -0.2) is 21.6 Å². The molecule has 5 heteroatoms. The molecule has 0 aromatic heterocycles. The zero-order valence-electron chi connectivity index (χ0n) is 7.32. The van der Waals surface area contributed by atoms with Gasteiger partial charge in [-0.05, 0) is 12.1 Å². The minimum Gasteiger partial charge on any atom is -0.398 e. The number of nitrogens with two attached hydrogens (primary N) is 1. The molecule has 0 saturated heterocycles. The maximum Gasteiger partial charge on any atom is 0.125 e. The molecule has 14 heavy (non-hydrogen) atoms. The second-order valence-corrected chi connectivity index (χ2v) is 3.59. The van der Waals surface area contributed by atoms with Crippen molar-refractivity contribution >= 4 is 21.6 Å². The Labute approximate surface area is 89.5 Å². The van der Waals surface area contributed by atoms with E-state index in [4.69, 9.17) is 5.73 Å². The van der Waals surface area contributed by atoms with Gasteiger partial charge in [0.15, 0.2) is 0 Å². The molecule has 0 amide bonds. The predicted molar refractivity (Wildman–Crippen MR) is 55.6 cm³/mol. The van der Waals surface area contributed by atoms with E-state index in [0.717, 1.165) is 6.07 Å². The summed E-state index contributed by atoms with van der Waals surface area (Å²) < 4.78 is 12.7. The van der Waals surface area contributed by atoms with Gasteiger partial charge < -0.3 is 15.9 Å². The Balaban J connectivity index is 2.95. The zero-order valence-corrected chi connectivity index (χ0v) is 8.91. The summed E-state index contributed by atoms with van der Waals surface area (Å²) in [5.74, 6) is -0.466. The van der Waals surface area contributed by atoms with Gasteiger partial charge in [-0.15, -0.1) is 0 Å². The first-order chi connectivity index (χ1) is 6.56. The van der Waals surface area contributed by atoms with Crippen molar-refractivity contribution in [2.75, 3.05) is 11.1 Å². The maximum absolute atomic E-state index is 12.7. The SMILES string of the molecule is Nc1cc(F)ccc1C(O)C(O)CBr. The molecule has 0 spiro atoms. The summed E-state index contributed by atoms with van der Waals surface area (Å²) in [6, 6.07) is 3.66. The molecule has 0 radical (unpaired) electrons. The molecule has 0 saturated carbocycles. The number of anilines is 1. The quantitative estimate of drug-likeness (QED) is 0.567. The third kappa shape index (κ3) is 2.43. The van der Waals surface area contributed by atoms with E-state index in [2.05, 4.69) is 15.9 Å². The summed E-state index contributed by atoms with van der Waals surface area (Å²) in [5, 5.41) is 19.1. The summed E-state index contributed by atoms with van der Waals surface area (Å²) in [7, 11) is 0. The number of hydrogen-bond donors (Lipinski definition) is 3. The highest BCUT2D eigenvalue weighted by atomic mass is 79.9. The first-order valence-electron chi connectivity index (χ1n) is 4.03. The van der Waals surface area contributed by atoms with Gasteiger partial charge in [-0.25, -0.2) is 4.39 Å². The Bertz CT molecular complexity index is 322. The lowest BCUT2D eigenvalue weighted by atomic mass is 10.0. The van der Waals surface area contributed by atoms with Crippen LogP contribution in [0.1, 0.15) is 11.7 Å². The van der Waals surface area contributed by atoms with Gasteiger partial charge in [-0.2, -0.15) is 0 Å². The highest BCUT2D eigenvalue weighted by Crippen LogP contribution is 2.24. The van der Waals surface area contributed by atoms with Gasteiger partial charge in [0.2, 0.25) is 0 Å². The largest absolute Gasteiger partial charge is 0.398 e. The molecule has 0 aliphatic carbocycles. The third-order valence-electron chi connectivity index (χ3n) is 1.89. The molecule has 1 rings (SSSR count). The monoisotopic (exact) mass is 263 g/mol. The lowest BCUT2D eigenvalue weighted by Gasteiger charge is -2.17. The highest BCUT2D eigenvalue weighted by Gasteiger charge is 2.19. The Morgan fingerprint density at radius 1 is 1.43 bits per heavy atom. The fraction of sp³-hybridized carbons (Fsp3) is 0.333. The molecule has 0 fully saturated rings. The van der Waals surface area contributed by atoms with Crippen molar-refractivity contribution in [2.45, 2.75) is 12.2 Å². The van der Waals surface area contributed by atoms with Crippen molar-refractivity contribution in [1.82, 2.24) is 0 Å².